The summed E-state index contributed by atoms with van der Waals surface area (Å²) in [6.45, 7) is 3.74. The molecule has 2 aromatic carbocycles. The van der Waals surface area contributed by atoms with Gasteiger partial charge in [0.25, 0.3) is 0 Å². The van der Waals surface area contributed by atoms with Crippen molar-refractivity contribution < 1.29 is 0 Å². The molecule has 0 saturated carbocycles. The first-order chi connectivity index (χ1) is 14.9. The molecule has 6 heteroatoms. The summed E-state index contributed by atoms with van der Waals surface area (Å²) in [5.41, 5.74) is 6.48. The molecule has 0 aliphatic carbocycles. The fourth-order valence-corrected chi connectivity index (χ4v) is 4.35. The van der Waals surface area contributed by atoms with E-state index >= 15 is 0 Å². The normalized spacial score (nSPS) is 14.6. The largest absolute Gasteiger partial charge is 0.366 e. The van der Waals surface area contributed by atoms with Gasteiger partial charge < -0.3 is 20.2 Å². The van der Waals surface area contributed by atoms with Gasteiger partial charge in [-0.15, -0.1) is 0 Å². The van der Waals surface area contributed by atoms with Gasteiger partial charge in [0.2, 0.25) is 5.95 Å². The van der Waals surface area contributed by atoms with Crippen LogP contribution in [0.4, 0.5) is 5.95 Å². The average molecular weight is 394 g/mol. The first-order valence-corrected chi connectivity index (χ1v) is 10.3. The van der Waals surface area contributed by atoms with E-state index in [1.165, 1.54) is 10.9 Å². The average Bonchev–Trinajstić information content (AvgIpc) is 3.46. The second-order valence-electron chi connectivity index (χ2n) is 7.66. The van der Waals surface area contributed by atoms with Crippen LogP contribution in [0.1, 0.15) is 0 Å². The quantitative estimate of drug-likeness (QED) is 0.429. The molecule has 0 radical (unpaired) electrons. The van der Waals surface area contributed by atoms with Crippen LogP contribution in [-0.2, 0) is 0 Å². The fraction of sp³-hybridized carbons (Fsp3) is 0.167. The van der Waals surface area contributed by atoms with E-state index < -0.39 is 0 Å². The van der Waals surface area contributed by atoms with Gasteiger partial charge in [-0.05, 0) is 12.1 Å². The Labute approximate surface area is 174 Å². The predicted octanol–water partition coefficient (Wildman–Crippen LogP) is 4.18. The molecule has 148 valence electrons. The molecule has 0 spiro atoms. The van der Waals surface area contributed by atoms with Crippen LogP contribution in [0.3, 0.4) is 0 Å². The third-order valence-electron chi connectivity index (χ3n) is 5.87. The number of aromatic nitrogens is 4. The zero-order valence-corrected chi connectivity index (χ0v) is 16.5. The summed E-state index contributed by atoms with van der Waals surface area (Å²) in [4.78, 5) is 18.9. The van der Waals surface area contributed by atoms with Gasteiger partial charge in [0, 0.05) is 77.7 Å². The summed E-state index contributed by atoms with van der Waals surface area (Å²) in [7, 11) is 0. The van der Waals surface area contributed by atoms with Crippen molar-refractivity contribution in [3.8, 4) is 22.4 Å². The number of benzene rings is 2. The van der Waals surface area contributed by atoms with E-state index in [0.717, 1.165) is 65.4 Å². The molecular formula is C24H22N6. The van der Waals surface area contributed by atoms with Gasteiger partial charge >= 0.3 is 0 Å². The van der Waals surface area contributed by atoms with Crippen molar-refractivity contribution in [3.05, 3.63) is 67.1 Å². The van der Waals surface area contributed by atoms with Gasteiger partial charge in [-0.1, -0.05) is 36.4 Å². The van der Waals surface area contributed by atoms with Crippen LogP contribution in [0.5, 0.6) is 0 Å². The number of hydrogen-bond donors (Lipinski definition) is 3. The molecule has 1 fully saturated rings. The van der Waals surface area contributed by atoms with E-state index in [0.29, 0.717) is 0 Å². The summed E-state index contributed by atoms with van der Waals surface area (Å²) in [6.07, 6.45) is 6.19. The van der Waals surface area contributed by atoms with Crippen LogP contribution >= 0.6 is 0 Å². The number of nitrogens with zero attached hydrogens (tertiary/aromatic N) is 3. The topological polar surface area (TPSA) is 72.6 Å². The minimum atomic E-state index is 0.802. The van der Waals surface area contributed by atoms with Crippen molar-refractivity contribution in [1.29, 1.82) is 0 Å². The number of rotatable bonds is 3. The van der Waals surface area contributed by atoms with Crippen LogP contribution in [-0.4, -0.2) is 46.1 Å². The Hall–Kier alpha value is -3.64. The van der Waals surface area contributed by atoms with Crippen LogP contribution < -0.4 is 10.2 Å². The molecule has 4 heterocycles. The van der Waals surface area contributed by atoms with E-state index in [2.05, 4.69) is 75.0 Å². The van der Waals surface area contributed by atoms with Crippen molar-refractivity contribution in [2.75, 3.05) is 31.1 Å². The Balaban J connectivity index is 1.56. The number of aromatic amines is 2. The maximum atomic E-state index is 5.07. The zero-order valence-electron chi connectivity index (χ0n) is 16.5. The van der Waals surface area contributed by atoms with Crippen LogP contribution in [0.25, 0.3) is 44.2 Å². The van der Waals surface area contributed by atoms with E-state index in [-0.39, 0.29) is 0 Å². The molecule has 1 aliphatic heterocycles. The smallest absolute Gasteiger partial charge is 0.226 e. The summed E-state index contributed by atoms with van der Waals surface area (Å²) in [6, 6.07) is 16.7. The van der Waals surface area contributed by atoms with Crippen molar-refractivity contribution in [2.45, 2.75) is 0 Å². The number of anilines is 1. The second kappa shape index (κ2) is 7.00. The Bertz CT molecular complexity index is 1340. The number of hydrogen-bond acceptors (Lipinski definition) is 4. The molecule has 0 amide bonds. The predicted molar refractivity (Wildman–Crippen MR) is 122 cm³/mol. The highest BCUT2D eigenvalue weighted by molar-refractivity contribution is 6.03. The lowest BCUT2D eigenvalue weighted by Crippen LogP contribution is -2.44. The van der Waals surface area contributed by atoms with E-state index in [1.54, 1.807) is 0 Å². The molecule has 3 N–H and O–H groups in total. The molecule has 6 rings (SSSR count). The maximum Gasteiger partial charge on any atom is 0.226 e. The van der Waals surface area contributed by atoms with E-state index in [4.69, 9.17) is 9.97 Å². The highest BCUT2D eigenvalue weighted by Crippen LogP contribution is 2.38. The van der Waals surface area contributed by atoms with Gasteiger partial charge in [-0.25, -0.2) is 9.97 Å². The molecule has 30 heavy (non-hydrogen) atoms. The van der Waals surface area contributed by atoms with Crippen LogP contribution in [0.15, 0.2) is 67.1 Å². The fourth-order valence-electron chi connectivity index (χ4n) is 4.35. The van der Waals surface area contributed by atoms with Crippen molar-refractivity contribution in [2.24, 2.45) is 0 Å². The first kappa shape index (κ1) is 17.2. The standard InChI is InChI=1S/C24H22N6/c1-3-7-21-16(5-1)19(15-27-21)18-13-26-14-20(18)23-17-6-2-4-8-22(17)28-24(29-23)30-11-9-25-10-12-30/h1-8,13-15,25-27H,9-12H2. The minimum Gasteiger partial charge on any atom is -0.366 e. The monoisotopic (exact) mass is 394 g/mol. The summed E-state index contributed by atoms with van der Waals surface area (Å²) in [5.74, 6) is 0.802. The lowest BCUT2D eigenvalue weighted by Gasteiger charge is -2.28. The molecule has 1 aliphatic rings. The van der Waals surface area contributed by atoms with Gasteiger partial charge in [0.05, 0.1) is 11.2 Å². The summed E-state index contributed by atoms with van der Waals surface area (Å²) < 4.78 is 0. The lowest BCUT2D eigenvalue weighted by atomic mass is 9.99. The molecule has 6 nitrogen and oxygen atoms in total. The molecule has 0 bridgehead atoms. The molecular weight excluding hydrogens is 372 g/mol. The van der Waals surface area contributed by atoms with Gasteiger partial charge in [-0.3, -0.25) is 0 Å². The van der Waals surface area contributed by atoms with E-state index in [1.807, 2.05) is 12.3 Å². The number of H-pyrrole nitrogens is 2. The van der Waals surface area contributed by atoms with Crippen molar-refractivity contribution in [1.82, 2.24) is 25.3 Å². The molecule has 0 atom stereocenters. The molecule has 3 aromatic heterocycles. The highest BCUT2D eigenvalue weighted by Gasteiger charge is 2.20. The summed E-state index contributed by atoms with van der Waals surface area (Å²) in [5, 5.41) is 5.68. The summed E-state index contributed by atoms with van der Waals surface area (Å²) >= 11 is 0. The highest BCUT2D eigenvalue weighted by atomic mass is 15.3. The molecule has 0 unspecified atom stereocenters. The number of para-hydroxylation sites is 2. The van der Waals surface area contributed by atoms with Crippen LogP contribution in [0.2, 0.25) is 0 Å². The Kier molecular flexibility index (Phi) is 4.02. The lowest BCUT2D eigenvalue weighted by molar-refractivity contribution is 0.581. The van der Waals surface area contributed by atoms with Crippen LogP contribution in [0, 0.1) is 0 Å². The minimum absolute atomic E-state index is 0.802. The van der Waals surface area contributed by atoms with Gasteiger partial charge in [-0.2, -0.15) is 0 Å². The maximum absolute atomic E-state index is 5.07. The Morgan fingerprint density at radius 2 is 1.50 bits per heavy atom. The SMILES string of the molecule is c1ccc2c(-c3c[nH]cc3-c3c[nH]c4ccccc34)nc(N3CCNCC3)nc2c1. The van der Waals surface area contributed by atoms with Crippen molar-refractivity contribution >= 4 is 27.8 Å². The second-order valence-corrected chi connectivity index (χ2v) is 7.66. The number of nitrogens with one attached hydrogen (secondary N) is 3. The molecule has 1 saturated heterocycles. The number of piperazine rings is 1. The number of fused-ring (bicyclic) bond motifs is 2. The van der Waals surface area contributed by atoms with E-state index in [9.17, 15) is 0 Å². The Morgan fingerprint density at radius 1 is 0.733 bits per heavy atom. The Morgan fingerprint density at radius 3 is 2.40 bits per heavy atom. The zero-order chi connectivity index (χ0) is 19.9. The third-order valence-corrected chi connectivity index (χ3v) is 5.87. The van der Waals surface area contributed by atoms with Crippen molar-refractivity contribution in [3.63, 3.8) is 0 Å². The molecule has 5 aromatic rings. The van der Waals surface area contributed by atoms with Gasteiger partial charge in [0.15, 0.2) is 0 Å². The third kappa shape index (κ3) is 2.76. The first-order valence-electron chi connectivity index (χ1n) is 10.3. The van der Waals surface area contributed by atoms with Gasteiger partial charge in [0.1, 0.15) is 0 Å².